The molecule has 0 aromatic carbocycles. The highest BCUT2D eigenvalue weighted by Gasteiger charge is 2.42. The number of pyridine rings is 1. The second kappa shape index (κ2) is 6.65. The molecule has 0 unspecified atom stereocenters. The van der Waals surface area contributed by atoms with Crippen LogP contribution in [0.5, 0.6) is 0 Å². The van der Waals surface area contributed by atoms with Gasteiger partial charge in [0.05, 0.1) is 24.7 Å². The number of imidazole rings is 1. The molecule has 5 heteroatoms. The normalized spacial score (nSPS) is 23.8. The summed E-state index contributed by atoms with van der Waals surface area (Å²) in [6.45, 7) is 4.24. The molecular formula is C19H26N4O. The highest BCUT2D eigenvalue weighted by atomic mass is 16.5. The lowest BCUT2D eigenvalue weighted by atomic mass is 9.76. The maximum atomic E-state index is 6.14. The third kappa shape index (κ3) is 3.37. The molecule has 24 heavy (non-hydrogen) atoms. The average Bonchev–Trinajstić information content (AvgIpc) is 3.18. The predicted molar refractivity (Wildman–Crippen MR) is 92.5 cm³/mol. The number of hydrogen-bond donors (Lipinski definition) is 0. The Labute approximate surface area is 143 Å². The van der Waals surface area contributed by atoms with Crippen LogP contribution >= 0.6 is 0 Å². The van der Waals surface area contributed by atoms with Crippen molar-refractivity contribution in [3.8, 4) is 0 Å². The van der Waals surface area contributed by atoms with Crippen molar-refractivity contribution < 1.29 is 4.74 Å². The van der Waals surface area contributed by atoms with Crippen molar-refractivity contribution in [2.75, 3.05) is 19.7 Å². The molecule has 2 aromatic heterocycles. The van der Waals surface area contributed by atoms with Crippen LogP contribution in [0, 0.1) is 5.41 Å². The van der Waals surface area contributed by atoms with Gasteiger partial charge in [-0.3, -0.25) is 9.88 Å². The first-order chi connectivity index (χ1) is 11.7. The Hall–Kier alpha value is -1.72. The molecule has 128 valence electrons. The summed E-state index contributed by atoms with van der Waals surface area (Å²) in [5, 5.41) is 0. The Morgan fingerprint density at radius 2 is 2.17 bits per heavy atom. The third-order valence-corrected chi connectivity index (χ3v) is 5.67. The topological polar surface area (TPSA) is 43.2 Å². The van der Waals surface area contributed by atoms with E-state index in [-0.39, 0.29) is 0 Å². The highest BCUT2D eigenvalue weighted by molar-refractivity contribution is 5.06. The molecule has 2 aliphatic rings. The summed E-state index contributed by atoms with van der Waals surface area (Å²) in [7, 11) is 2.07. The minimum Gasteiger partial charge on any atom is -0.377 e. The number of rotatable bonds is 4. The van der Waals surface area contributed by atoms with E-state index in [1.54, 1.807) is 0 Å². The number of ether oxygens (including phenoxy) is 1. The monoisotopic (exact) mass is 326 g/mol. The van der Waals surface area contributed by atoms with Gasteiger partial charge in [-0.25, -0.2) is 4.98 Å². The molecular weight excluding hydrogens is 300 g/mol. The Bertz CT molecular complexity index is 661. The first-order valence-corrected chi connectivity index (χ1v) is 8.92. The zero-order valence-electron chi connectivity index (χ0n) is 14.4. The summed E-state index contributed by atoms with van der Waals surface area (Å²) >= 11 is 0. The second-order valence-corrected chi connectivity index (χ2v) is 7.43. The minimum absolute atomic E-state index is 0.337. The quantitative estimate of drug-likeness (QED) is 0.865. The van der Waals surface area contributed by atoms with Crippen molar-refractivity contribution in [3.63, 3.8) is 0 Å². The number of piperidine rings is 1. The largest absolute Gasteiger partial charge is 0.377 e. The summed E-state index contributed by atoms with van der Waals surface area (Å²) in [5.74, 6) is 0. The number of hydrogen-bond acceptors (Lipinski definition) is 4. The Kier molecular flexibility index (Phi) is 4.37. The fourth-order valence-electron chi connectivity index (χ4n) is 4.08. The van der Waals surface area contributed by atoms with Gasteiger partial charge in [-0.15, -0.1) is 0 Å². The molecule has 0 N–H and O–H groups in total. The van der Waals surface area contributed by atoms with E-state index in [9.17, 15) is 0 Å². The van der Waals surface area contributed by atoms with E-state index < -0.39 is 0 Å². The van der Waals surface area contributed by atoms with Gasteiger partial charge in [0.1, 0.15) is 0 Å². The summed E-state index contributed by atoms with van der Waals surface area (Å²) in [6, 6.07) is 6.13. The lowest BCUT2D eigenvalue weighted by molar-refractivity contribution is 0.0624. The van der Waals surface area contributed by atoms with Crippen LogP contribution in [0.4, 0.5) is 0 Å². The first-order valence-electron chi connectivity index (χ1n) is 8.92. The van der Waals surface area contributed by atoms with Crippen LogP contribution in [0.3, 0.4) is 0 Å². The van der Waals surface area contributed by atoms with Crippen molar-refractivity contribution >= 4 is 0 Å². The van der Waals surface area contributed by atoms with Gasteiger partial charge in [0.25, 0.3) is 0 Å². The van der Waals surface area contributed by atoms with Crippen LogP contribution in [-0.2, 0) is 24.8 Å². The molecule has 0 bridgehead atoms. The zero-order valence-corrected chi connectivity index (χ0v) is 14.4. The molecule has 2 saturated heterocycles. The smallest absolute Gasteiger partial charge is 0.0945 e. The number of aromatic nitrogens is 3. The van der Waals surface area contributed by atoms with E-state index in [0.717, 1.165) is 38.4 Å². The molecule has 1 spiro atoms. The van der Waals surface area contributed by atoms with Gasteiger partial charge in [0.15, 0.2) is 0 Å². The summed E-state index contributed by atoms with van der Waals surface area (Å²) in [4.78, 5) is 11.2. The second-order valence-electron chi connectivity index (χ2n) is 7.43. The van der Waals surface area contributed by atoms with E-state index in [4.69, 9.17) is 4.74 Å². The highest BCUT2D eigenvalue weighted by Crippen LogP contribution is 2.42. The fraction of sp³-hybridized carbons (Fsp3) is 0.579. The molecule has 5 nitrogen and oxygen atoms in total. The molecule has 4 heterocycles. The van der Waals surface area contributed by atoms with Gasteiger partial charge in [-0.05, 0) is 49.9 Å². The molecule has 4 rings (SSSR count). The van der Waals surface area contributed by atoms with Crippen molar-refractivity contribution in [2.24, 2.45) is 12.5 Å². The molecule has 2 fully saturated rings. The van der Waals surface area contributed by atoms with Gasteiger partial charge in [0, 0.05) is 38.1 Å². The first kappa shape index (κ1) is 15.8. The van der Waals surface area contributed by atoms with Crippen LogP contribution < -0.4 is 0 Å². The maximum Gasteiger partial charge on any atom is 0.0945 e. The van der Waals surface area contributed by atoms with Crippen LogP contribution in [0.25, 0.3) is 0 Å². The molecule has 0 radical (unpaired) electrons. The van der Waals surface area contributed by atoms with Gasteiger partial charge < -0.3 is 9.30 Å². The van der Waals surface area contributed by atoms with Gasteiger partial charge in [0.2, 0.25) is 0 Å². The number of aryl methyl sites for hydroxylation is 1. The van der Waals surface area contributed by atoms with Crippen LogP contribution in [0.15, 0.2) is 36.9 Å². The molecule has 0 aliphatic carbocycles. The van der Waals surface area contributed by atoms with Gasteiger partial charge in [-0.2, -0.15) is 0 Å². The van der Waals surface area contributed by atoms with E-state index in [1.165, 1.54) is 25.0 Å². The van der Waals surface area contributed by atoms with E-state index in [1.807, 2.05) is 24.8 Å². The Morgan fingerprint density at radius 1 is 1.29 bits per heavy atom. The van der Waals surface area contributed by atoms with E-state index >= 15 is 0 Å². The summed E-state index contributed by atoms with van der Waals surface area (Å²) in [6.07, 6.45) is 10.7. The molecule has 2 aromatic rings. The van der Waals surface area contributed by atoms with Crippen molar-refractivity contribution in [2.45, 2.75) is 38.3 Å². The van der Waals surface area contributed by atoms with Gasteiger partial charge in [-0.1, -0.05) is 6.07 Å². The lowest BCUT2D eigenvalue weighted by Crippen LogP contribution is -2.40. The van der Waals surface area contributed by atoms with E-state index in [2.05, 4.69) is 38.6 Å². The average molecular weight is 326 g/mol. The fourth-order valence-corrected chi connectivity index (χ4v) is 4.08. The lowest BCUT2D eigenvalue weighted by Gasteiger charge is -2.38. The van der Waals surface area contributed by atoms with Crippen LogP contribution in [0.1, 0.15) is 30.7 Å². The van der Waals surface area contributed by atoms with Crippen molar-refractivity contribution in [3.05, 3.63) is 48.3 Å². The summed E-state index contributed by atoms with van der Waals surface area (Å²) in [5.41, 5.74) is 2.83. The molecule has 2 aliphatic heterocycles. The third-order valence-electron chi connectivity index (χ3n) is 5.67. The Morgan fingerprint density at radius 3 is 2.88 bits per heavy atom. The van der Waals surface area contributed by atoms with Crippen molar-refractivity contribution in [1.29, 1.82) is 0 Å². The minimum atomic E-state index is 0.337. The molecule has 0 amide bonds. The SMILES string of the molecule is Cn1cncc1CN1CCC2(CC1)CO[C@@H](Cc1ccccn1)C2. The van der Waals surface area contributed by atoms with E-state index in [0.29, 0.717) is 11.5 Å². The van der Waals surface area contributed by atoms with Gasteiger partial charge >= 0.3 is 0 Å². The van der Waals surface area contributed by atoms with Crippen LogP contribution in [0.2, 0.25) is 0 Å². The summed E-state index contributed by atoms with van der Waals surface area (Å²) < 4.78 is 8.25. The molecule has 0 saturated carbocycles. The molecule has 1 atom stereocenters. The maximum absolute atomic E-state index is 6.14. The van der Waals surface area contributed by atoms with Crippen molar-refractivity contribution in [1.82, 2.24) is 19.4 Å². The van der Waals surface area contributed by atoms with Crippen LogP contribution in [-0.4, -0.2) is 45.2 Å². The standard InChI is InChI=1S/C19H26N4O/c1-22-15-20-12-17(22)13-23-8-5-19(6-9-23)11-18(24-14-19)10-16-4-2-3-7-21-16/h2-4,7,12,15,18H,5-6,8-11,13-14H2,1H3/t18-/m0/s1. The number of likely N-dealkylation sites (tertiary alicyclic amines) is 1. The zero-order chi connectivity index (χ0) is 16.4. The number of nitrogens with zero attached hydrogens (tertiary/aromatic N) is 4. The predicted octanol–water partition coefficient (Wildman–Crippen LogP) is 2.43. The Balaban J connectivity index is 1.30.